The van der Waals surface area contributed by atoms with E-state index in [0.717, 1.165) is 12.8 Å². The summed E-state index contributed by atoms with van der Waals surface area (Å²) in [5, 5.41) is 9.62. The van der Waals surface area contributed by atoms with Crippen molar-refractivity contribution in [3.05, 3.63) is 0 Å². The first-order valence-electron chi connectivity index (χ1n) is 4.74. The van der Waals surface area contributed by atoms with E-state index in [1.165, 1.54) is 0 Å². The molecule has 14 heavy (non-hydrogen) atoms. The summed E-state index contributed by atoms with van der Waals surface area (Å²) >= 11 is 0. The molecule has 0 aromatic carbocycles. The Bertz CT molecular complexity index is 193. The Hall–Kier alpha value is -0.290. The second-order valence-corrected chi connectivity index (χ2v) is 3.90. The van der Waals surface area contributed by atoms with E-state index in [4.69, 9.17) is 0 Å². The van der Waals surface area contributed by atoms with Crippen molar-refractivity contribution in [1.29, 1.82) is 0 Å². The zero-order chi connectivity index (χ0) is 10.8. The summed E-state index contributed by atoms with van der Waals surface area (Å²) in [6.07, 6.45) is -1.94. The Morgan fingerprint density at radius 2 is 2.14 bits per heavy atom. The molecule has 84 valence electrons. The number of hydrogen-bond acceptors (Lipinski definition) is 2. The third-order valence-corrected chi connectivity index (χ3v) is 2.45. The molecular formula is C9H15F3O2. The summed E-state index contributed by atoms with van der Waals surface area (Å²) in [7, 11) is 0. The van der Waals surface area contributed by atoms with Crippen LogP contribution < -0.4 is 0 Å². The van der Waals surface area contributed by atoms with E-state index in [9.17, 15) is 18.3 Å². The second-order valence-electron chi connectivity index (χ2n) is 3.90. The molecule has 2 atom stereocenters. The first-order chi connectivity index (χ1) is 6.37. The fourth-order valence-electron chi connectivity index (χ4n) is 1.61. The van der Waals surface area contributed by atoms with Crippen molar-refractivity contribution >= 4 is 0 Å². The van der Waals surface area contributed by atoms with Crippen LogP contribution in [0.1, 0.15) is 26.2 Å². The highest BCUT2D eigenvalue weighted by molar-refractivity contribution is 5.02. The van der Waals surface area contributed by atoms with Gasteiger partial charge in [-0.3, -0.25) is 0 Å². The van der Waals surface area contributed by atoms with Crippen molar-refractivity contribution in [3.63, 3.8) is 0 Å². The van der Waals surface area contributed by atoms with Crippen molar-refractivity contribution in [2.24, 2.45) is 5.92 Å². The van der Waals surface area contributed by atoms with E-state index >= 15 is 0 Å². The van der Waals surface area contributed by atoms with Gasteiger partial charge in [0.05, 0.1) is 12.2 Å². The summed E-state index contributed by atoms with van der Waals surface area (Å²) < 4.78 is 39.5. The average molecular weight is 212 g/mol. The van der Waals surface area contributed by atoms with Gasteiger partial charge < -0.3 is 9.84 Å². The third-order valence-electron chi connectivity index (χ3n) is 2.45. The van der Waals surface area contributed by atoms with E-state index < -0.39 is 18.4 Å². The summed E-state index contributed by atoms with van der Waals surface area (Å²) in [4.78, 5) is 0. The predicted molar refractivity (Wildman–Crippen MR) is 44.8 cm³/mol. The van der Waals surface area contributed by atoms with Gasteiger partial charge in [-0.15, -0.1) is 0 Å². The number of hydrogen-bond donors (Lipinski definition) is 1. The molecule has 1 N–H and O–H groups in total. The van der Waals surface area contributed by atoms with Gasteiger partial charge >= 0.3 is 6.18 Å². The van der Waals surface area contributed by atoms with Crippen LogP contribution in [0.5, 0.6) is 0 Å². The van der Waals surface area contributed by atoms with Crippen LogP contribution in [-0.2, 0) is 4.74 Å². The molecule has 0 aliphatic heterocycles. The van der Waals surface area contributed by atoms with Crippen molar-refractivity contribution in [2.45, 2.75) is 38.0 Å². The number of ether oxygens (including phenoxy) is 1. The van der Waals surface area contributed by atoms with Crippen molar-refractivity contribution in [3.8, 4) is 0 Å². The molecule has 1 rings (SSSR count). The van der Waals surface area contributed by atoms with Gasteiger partial charge in [0.1, 0.15) is 6.61 Å². The highest BCUT2D eigenvalue weighted by atomic mass is 19.4. The third kappa shape index (κ3) is 3.46. The molecule has 2 unspecified atom stereocenters. The van der Waals surface area contributed by atoms with Crippen LogP contribution in [0, 0.1) is 5.92 Å². The van der Waals surface area contributed by atoms with Gasteiger partial charge in [-0.25, -0.2) is 0 Å². The topological polar surface area (TPSA) is 29.5 Å². The smallest absolute Gasteiger partial charge is 0.387 e. The molecule has 5 heteroatoms. The molecule has 0 spiro atoms. The normalized spacial score (nSPS) is 31.9. The van der Waals surface area contributed by atoms with E-state index in [-0.39, 0.29) is 12.5 Å². The highest BCUT2D eigenvalue weighted by Gasteiger charge is 2.52. The van der Waals surface area contributed by atoms with E-state index in [0.29, 0.717) is 6.42 Å². The Labute approximate surface area is 81.1 Å². The lowest BCUT2D eigenvalue weighted by Gasteiger charge is -2.12. The zero-order valence-electron chi connectivity index (χ0n) is 8.10. The van der Waals surface area contributed by atoms with Crippen LogP contribution in [0.25, 0.3) is 0 Å². The maximum absolute atomic E-state index is 11.7. The van der Waals surface area contributed by atoms with Crippen LogP contribution in [0.15, 0.2) is 0 Å². The Kier molecular flexibility index (Phi) is 3.42. The second kappa shape index (κ2) is 4.06. The maximum atomic E-state index is 11.7. The predicted octanol–water partition coefficient (Wildman–Crippen LogP) is 2.12. The fraction of sp³-hybridized carbons (Fsp3) is 1.00. The molecule has 1 aliphatic carbocycles. The van der Waals surface area contributed by atoms with Crippen molar-refractivity contribution in [1.82, 2.24) is 0 Å². The van der Waals surface area contributed by atoms with Crippen molar-refractivity contribution < 1.29 is 23.0 Å². The minimum absolute atomic E-state index is 0.126. The van der Waals surface area contributed by atoms with Crippen LogP contribution in [-0.4, -0.2) is 30.1 Å². The molecule has 0 bridgehead atoms. The molecule has 0 heterocycles. The zero-order valence-corrected chi connectivity index (χ0v) is 8.10. The van der Waals surface area contributed by atoms with Crippen LogP contribution >= 0.6 is 0 Å². The molecule has 1 aliphatic rings. The molecule has 2 nitrogen and oxygen atoms in total. The molecule has 1 fully saturated rings. The summed E-state index contributed by atoms with van der Waals surface area (Å²) in [6.45, 7) is 0.515. The van der Waals surface area contributed by atoms with E-state index in [2.05, 4.69) is 4.74 Å². The van der Waals surface area contributed by atoms with Gasteiger partial charge in [0, 0.05) is 0 Å². The standard InChI is InChI=1S/C9H15F3O2/c1-2-3-7-4-8(7,13)5-14-6-9(10,11)12/h7,13H,2-6H2,1H3. The number of aliphatic hydroxyl groups is 1. The SMILES string of the molecule is CCCC1CC1(O)COCC(F)(F)F. The molecular weight excluding hydrogens is 197 g/mol. The molecule has 0 saturated heterocycles. The molecule has 0 aromatic heterocycles. The van der Waals surface area contributed by atoms with Gasteiger partial charge in [0.25, 0.3) is 0 Å². The van der Waals surface area contributed by atoms with Gasteiger partial charge in [-0.1, -0.05) is 13.3 Å². The quantitative estimate of drug-likeness (QED) is 0.756. The van der Waals surface area contributed by atoms with Crippen LogP contribution in [0.3, 0.4) is 0 Å². The van der Waals surface area contributed by atoms with E-state index in [1.807, 2.05) is 6.92 Å². The maximum Gasteiger partial charge on any atom is 0.411 e. The molecule has 0 amide bonds. The largest absolute Gasteiger partial charge is 0.411 e. The van der Waals surface area contributed by atoms with Gasteiger partial charge in [0.15, 0.2) is 0 Å². The molecule has 0 aromatic rings. The van der Waals surface area contributed by atoms with Gasteiger partial charge in [0.2, 0.25) is 0 Å². The Morgan fingerprint density at radius 1 is 1.50 bits per heavy atom. The number of halogens is 3. The lowest BCUT2D eigenvalue weighted by atomic mass is 10.2. The van der Waals surface area contributed by atoms with Crippen LogP contribution in [0.4, 0.5) is 13.2 Å². The lowest BCUT2D eigenvalue weighted by molar-refractivity contribution is -0.181. The fourth-order valence-corrected chi connectivity index (χ4v) is 1.61. The minimum atomic E-state index is -4.30. The van der Waals surface area contributed by atoms with Gasteiger partial charge in [-0.2, -0.15) is 13.2 Å². The number of rotatable bonds is 5. The summed E-state index contributed by atoms with van der Waals surface area (Å²) in [5.74, 6) is 0.126. The Balaban J connectivity index is 2.14. The first-order valence-corrected chi connectivity index (χ1v) is 4.74. The number of alkyl halides is 3. The van der Waals surface area contributed by atoms with Crippen LogP contribution in [0.2, 0.25) is 0 Å². The lowest BCUT2D eigenvalue weighted by Crippen LogP contribution is -2.25. The van der Waals surface area contributed by atoms with E-state index in [1.54, 1.807) is 0 Å². The monoisotopic (exact) mass is 212 g/mol. The molecule has 0 radical (unpaired) electrons. The molecule has 1 saturated carbocycles. The summed E-state index contributed by atoms with van der Waals surface area (Å²) in [5.41, 5.74) is -0.985. The van der Waals surface area contributed by atoms with Crippen molar-refractivity contribution in [2.75, 3.05) is 13.2 Å². The summed E-state index contributed by atoms with van der Waals surface area (Å²) in [6, 6.07) is 0. The first kappa shape index (κ1) is 11.8. The average Bonchev–Trinajstić information content (AvgIpc) is 2.59. The minimum Gasteiger partial charge on any atom is -0.387 e. The highest BCUT2D eigenvalue weighted by Crippen LogP contribution is 2.46. The Morgan fingerprint density at radius 3 is 2.64 bits per heavy atom. The van der Waals surface area contributed by atoms with Gasteiger partial charge in [-0.05, 0) is 18.8 Å².